The zero-order chi connectivity index (χ0) is 85.6. The Morgan fingerprint density at radius 2 is 0.450 bits per heavy atom. The van der Waals surface area contributed by atoms with Crippen LogP contribution in [-0.2, 0) is 19.2 Å². The van der Waals surface area contributed by atoms with E-state index in [1.54, 1.807) is 0 Å². The largest absolute Gasteiger partial charge is 0.422 e. The van der Waals surface area contributed by atoms with E-state index in [4.69, 9.17) is 9.47 Å². The van der Waals surface area contributed by atoms with E-state index in [1.165, 1.54) is 407 Å². The summed E-state index contributed by atoms with van der Waals surface area (Å²) >= 11 is 6.25. The monoisotopic (exact) mass is 1800 g/mol. The lowest BCUT2D eigenvalue weighted by Crippen LogP contribution is -2.29. The van der Waals surface area contributed by atoms with Crippen molar-refractivity contribution in [2.24, 2.45) is 11.8 Å². The number of hydrogen-bond acceptors (Lipinski definition) is 6. The molecule has 4 aliphatic heterocycles. The Morgan fingerprint density at radius 3 is 0.658 bits per heavy atom. The van der Waals surface area contributed by atoms with Crippen molar-refractivity contribution >= 4 is 89.3 Å². The molecule has 0 atom stereocenters. The maximum Gasteiger partial charge on any atom is 0.345 e. The van der Waals surface area contributed by atoms with Gasteiger partial charge in [-0.2, -0.15) is 0 Å². The van der Waals surface area contributed by atoms with Crippen molar-refractivity contribution in [1.82, 2.24) is 0 Å². The molecule has 678 valence electrons. The average Bonchev–Trinajstić information content (AvgIpc) is 1.56. The molecule has 7 rings (SSSR count). The summed E-state index contributed by atoms with van der Waals surface area (Å²) in [5.74, 6) is -6.37. The van der Waals surface area contributed by atoms with Crippen LogP contribution in [0, 0.1) is 35.1 Å². The molecule has 0 unspecified atom stereocenters. The quantitative estimate of drug-likeness (QED) is 0.0140. The Bertz CT molecular complexity index is 3180. The number of carbonyl (C=O) groups is 4. The highest BCUT2D eigenvalue weighted by Crippen LogP contribution is 2.54. The standard InChI is InChI=1S/C106H166Br2F4N2O6/c1-5-9-13-17-21-25-29-33-37-41-45-49-53-57-61-65-71-83(72-66-62-58-54-50-46-42-38-34-30-26-22-18-14-10-6-2)75-69-77-113-101-87(79-89(109)97(107)99(101)111)93(103(113)115)95-85-81-92-86(82-91(85)119-105(95)117)96(106(118)120-92)94-88-80-90(110)98(108)100(112)102(88)114(104(94)116)78-70-76-84(73-67-63-59-55-51-47-43-39-35-31-27-23-19-15-11-7-3)74-68-64-60-56-52-48-44-40-36-32-28-24-20-16-12-8-4/h79-84H,5-78H2,1-4H3/b95-93+,96-94+. The van der Waals surface area contributed by atoms with Gasteiger partial charge in [-0.3, -0.25) is 9.59 Å². The van der Waals surface area contributed by atoms with Gasteiger partial charge in [0, 0.05) is 35.3 Å². The number of nitrogens with zero attached hydrogens (tertiary/aromatic N) is 2. The highest BCUT2D eigenvalue weighted by atomic mass is 79.9. The molecule has 0 bridgehead atoms. The number of fused-ring (bicyclic) bond motifs is 4. The van der Waals surface area contributed by atoms with Gasteiger partial charge in [0.15, 0.2) is 11.6 Å². The molecular formula is C106H166Br2F4N2O6. The summed E-state index contributed by atoms with van der Waals surface area (Å²) in [6, 6.07) is 4.92. The van der Waals surface area contributed by atoms with Crippen LogP contribution in [0.25, 0.3) is 22.3 Å². The van der Waals surface area contributed by atoms with Crippen molar-refractivity contribution in [2.45, 2.75) is 490 Å². The third kappa shape index (κ3) is 36.2. The highest BCUT2D eigenvalue weighted by Gasteiger charge is 2.47. The molecule has 0 spiro atoms. The van der Waals surface area contributed by atoms with Gasteiger partial charge in [0.05, 0.1) is 42.6 Å². The first kappa shape index (κ1) is 103. The first-order chi connectivity index (χ1) is 58.8. The van der Waals surface area contributed by atoms with Crippen molar-refractivity contribution in [3.05, 3.63) is 78.7 Å². The van der Waals surface area contributed by atoms with Crippen LogP contribution in [0.3, 0.4) is 0 Å². The number of carbonyl (C=O) groups excluding carboxylic acids is 4. The number of halogens is 6. The summed E-state index contributed by atoms with van der Waals surface area (Å²) < 4.78 is 76.6. The number of amides is 2. The zero-order valence-corrected chi connectivity index (χ0v) is 79.6. The van der Waals surface area contributed by atoms with Crippen molar-refractivity contribution in [1.29, 1.82) is 0 Å². The first-order valence-electron chi connectivity index (χ1n) is 50.9. The van der Waals surface area contributed by atoms with Crippen molar-refractivity contribution < 1.29 is 46.2 Å². The van der Waals surface area contributed by atoms with Crippen LogP contribution in [0.5, 0.6) is 11.5 Å². The minimum atomic E-state index is -0.955. The summed E-state index contributed by atoms with van der Waals surface area (Å²) in [5, 5.41) is 0. The number of unbranched alkanes of at least 4 members (excludes halogenated alkanes) is 60. The van der Waals surface area contributed by atoms with Gasteiger partial charge >= 0.3 is 11.9 Å². The minimum absolute atomic E-state index is 0.0601. The second-order valence-corrected chi connectivity index (χ2v) is 38.8. The predicted molar refractivity (Wildman–Crippen MR) is 506 cm³/mol. The first-order valence-corrected chi connectivity index (χ1v) is 52.5. The van der Waals surface area contributed by atoms with Crippen LogP contribution in [0.4, 0.5) is 28.9 Å². The topological polar surface area (TPSA) is 93.2 Å². The zero-order valence-electron chi connectivity index (χ0n) is 76.4. The summed E-state index contributed by atoms with van der Waals surface area (Å²) in [6.07, 6.45) is 91.3. The molecule has 8 nitrogen and oxygen atoms in total. The molecule has 0 aliphatic carbocycles. The minimum Gasteiger partial charge on any atom is -0.422 e. The molecule has 120 heavy (non-hydrogen) atoms. The molecule has 0 fully saturated rings. The van der Waals surface area contributed by atoms with Gasteiger partial charge in [-0.05, 0) is 93.6 Å². The molecule has 0 saturated heterocycles. The second kappa shape index (κ2) is 62.8. The molecule has 0 radical (unpaired) electrons. The lowest BCUT2D eigenvalue weighted by atomic mass is 9.90. The van der Waals surface area contributed by atoms with Crippen LogP contribution < -0.4 is 19.3 Å². The van der Waals surface area contributed by atoms with E-state index in [0.29, 0.717) is 24.7 Å². The third-order valence-corrected chi connectivity index (χ3v) is 28.5. The van der Waals surface area contributed by atoms with Gasteiger partial charge in [-0.25, -0.2) is 27.2 Å². The lowest BCUT2D eigenvalue weighted by molar-refractivity contribution is -0.127. The van der Waals surface area contributed by atoms with Gasteiger partial charge in [0.2, 0.25) is 0 Å². The Morgan fingerprint density at radius 1 is 0.258 bits per heavy atom. The van der Waals surface area contributed by atoms with Crippen LogP contribution in [0.15, 0.2) is 33.2 Å². The Balaban J connectivity index is 0.989. The molecular weight excluding hydrogens is 1630 g/mol. The molecule has 3 aromatic rings. The van der Waals surface area contributed by atoms with E-state index >= 15 is 27.2 Å². The van der Waals surface area contributed by atoms with Gasteiger partial charge in [-0.1, -0.05) is 464 Å². The third-order valence-electron chi connectivity index (χ3n) is 27.1. The van der Waals surface area contributed by atoms with E-state index in [2.05, 4.69) is 59.6 Å². The van der Waals surface area contributed by atoms with Crippen LogP contribution in [0.2, 0.25) is 0 Å². The van der Waals surface area contributed by atoms with Gasteiger partial charge in [0.25, 0.3) is 11.8 Å². The van der Waals surface area contributed by atoms with Crippen molar-refractivity contribution in [3.8, 4) is 11.5 Å². The molecule has 2 amide bonds. The molecule has 0 saturated carbocycles. The molecule has 0 aromatic heterocycles. The maximum atomic E-state index is 16.8. The number of ether oxygens (including phenoxy) is 2. The molecule has 4 aliphatic rings. The average molecular weight is 1800 g/mol. The van der Waals surface area contributed by atoms with Gasteiger partial charge < -0.3 is 19.3 Å². The normalized spacial score (nSPS) is 15.0. The Hall–Kier alpha value is -4.30. The predicted octanol–water partition coefficient (Wildman–Crippen LogP) is 35.5. The van der Waals surface area contributed by atoms with Crippen molar-refractivity contribution in [3.63, 3.8) is 0 Å². The summed E-state index contributed by atoms with van der Waals surface area (Å²) in [4.78, 5) is 62.1. The fourth-order valence-corrected chi connectivity index (χ4v) is 20.3. The number of hydrogen-bond donors (Lipinski definition) is 0. The molecule has 14 heteroatoms. The maximum absolute atomic E-state index is 16.8. The van der Waals surface area contributed by atoms with E-state index in [9.17, 15) is 9.59 Å². The summed E-state index contributed by atoms with van der Waals surface area (Å²) in [7, 11) is 0. The van der Waals surface area contributed by atoms with E-state index in [0.717, 1.165) is 76.3 Å². The van der Waals surface area contributed by atoms with Gasteiger partial charge in [-0.15, -0.1) is 0 Å². The van der Waals surface area contributed by atoms with Gasteiger partial charge in [0.1, 0.15) is 23.1 Å². The Kier molecular flexibility index (Phi) is 53.8. The summed E-state index contributed by atoms with van der Waals surface area (Å²) in [6.45, 7) is 9.38. The second-order valence-electron chi connectivity index (χ2n) is 37.2. The smallest absolute Gasteiger partial charge is 0.345 e. The van der Waals surface area contributed by atoms with E-state index in [1.807, 2.05) is 0 Å². The van der Waals surface area contributed by atoms with Crippen LogP contribution in [-0.4, -0.2) is 36.8 Å². The molecule has 3 aromatic carbocycles. The number of esters is 2. The number of rotatable bonds is 76. The van der Waals surface area contributed by atoms with Crippen LogP contribution >= 0.6 is 31.9 Å². The van der Waals surface area contributed by atoms with E-state index in [-0.39, 0.29) is 80.5 Å². The molecule has 0 N–H and O–H groups in total. The van der Waals surface area contributed by atoms with E-state index < -0.39 is 56.0 Å². The van der Waals surface area contributed by atoms with Crippen molar-refractivity contribution in [2.75, 3.05) is 22.9 Å². The number of anilines is 2. The number of benzene rings is 3. The highest BCUT2D eigenvalue weighted by molar-refractivity contribution is 9.10. The fraction of sp³-hybridized carbons (Fsp3) is 0.755. The summed E-state index contributed by atoms with van der Waals surface area (Å²) in [5.41, 5.74) is -1.26. The Labute approximate surface area is 745 Å². The SMILES string of the molecule is CCCCCCCCCCCCCCCCCCC(CCCCCCCCCCCCCCCCCC)CCCN1C(=O)/C(=C2/C(=O)Oc3cc4c(cc32)OC(=O)/C4=C2/C(=O)N(CCCC(CCCCCCCCCCCCCCCCCC)CCCCCCCCCCCCCCCCCC)c3c2cc(F)c(Br)c3F)c2cc(F)c(Br)c(F)c21. The van der Waals surface area contributed by atoms with Crippen LogP contribution in [0.1, 0.15) is 512 Å². The fourth-order valence-electron chi connectivity index (χ4n) is 19.7. The molecule has 4 heterocycles. The lowest BCUT2D eigenvalue weighted by Gasteiger charge is -2.21.